The SMILES string of the molecule is CC.CC.CNC(CCCCNC(=O)OC/C(N)=C/N(C)N)C(=O)O. The van der Waals surface area contributed by atoms with Gasteiger partial charge in [-0.05, 0) is 26.3 Å². The lowest BCUT2D eigenvalue weighted by molar-refractivity contribution is -0.139. The summed E-state index contributed by atoms with van der Waals surface area (Å²) in [5.41, 5.74) is 5.88. The number of nitrogens with zero attached hydrogens (tertiary/aromatic N) is 1. The van der Waals surface area contributed by atoms with Gasteiger partial charge in [0.05, 0.1) is 5.70 Å². The van der Waals surface area contributed by atoms with E-state index in [-0.39, 0.29) is 6.61 Å². The number of carboxylic acid groups (broad SMARTS) is 1. The van der Waals surface area contributed by atoms with Crippen LogP contribution in [-0.4, -0.2) is 55.5 Å². The van der Waals surface area contributed by atoms with Crippen molar-refractivity contribution < 1.29 is 19.4 Å². The zero-order valence-corrected chi connectivity index (χ0v) is 16.5. The van der Waals surface area contributed by atoms with Crippen molar-refractivity contribution in [2.45, 2.75) is 53.0 Å². The first-order valence-corrected chi connectivity index (χ1v) is 8.61. The molecule has 0 rings (SSSR count). The van der Waals surface area contributed by atoms with Gasteiger partial charge in [0.25, 0.3) is 0 Å². The lowest BCUT2D eigenvalue weighted by Crippen LogP contribution is -2.34. The first-order valence-electron chi connectivity index (χ1n) is 8.61. The van der Waals surface area contributed by atoms with E-state index in [2.05, 4.69) is 10.6 Å². The molecule has 0 saturated carbocycles. The molecule has 7 N–H and O–H groups in total. The Labute approximate surface area is 151 Å². The Morgan fingerprint density at radius 2 is 1.80 bits per heavy atom. The lowest BCUT2D eigenvalue weighted by atomic mass is 10.1. The van der Waals surface area contributed by atoms with E-state index in [1.807, 2.05) is 27.7 Å². The number of carbonyl (C=O) groups is 2. The largest absolute Gasteiger partial charge is 0.480 e. The second-order valence-corrected chi connectivity index (χ2v) is 4.55. The number of carbonyl (C=O) groups excluding carboxylic acids is 1. The van der Waals surface area contributed by atoms with E-state index in [0.29, 0.717) is 31.5 Å². The van der Waals surface area contributed by atoms with Crippen LogP contribution in [0.5, 0.6) is 0 Å². The second kappa shape index (κ2) is 20.0. The molecule has 9 heteroatoms. The van der Waals surface area contributed by atoms with Gasteiger partial charge in [-0.3, -0.25) is 4.79 Å². The standard InChI is InChI=1S/C12H25N5O4.2C2H6/c1-15-10(11(18)19)5-3-4-6-16-12(20)21-8-9(13)7-17(2)14;2*1-2/h7,10,15H,3-6,8,13-14H2,1-2H3,(H,16,20)(H,18,19);2*1-2H3/b9-7-;;. The number of hydrogen-bond acceptors (Lipinski definition) is 7. The van der Waals surface area contributed by atoms with E-state index in [1.165, 1.54) is 11.2 Å². The minimum atomic E-state index is -0.878. The van der Waals surface area contributed by atoms with Crippen molar-refractivity contribution in [1.82, 2.24) is 15.6 Å². The molecule has 150 valence electrons. The topological polar surface area (TPSA) is 143 Å². The molecule has 1 unspecified atom stereocenters. The van der Waals surface area contributed by atoms with Gasteiger partial charge in [-0.15, -0.1) is 0 Å². The van der Waals surface area contributed by atoms with Gasteiger partial charge >= 0.3 is 12.1 Å². The van der Waals surface area contributed by atoms with Crippen molar-refractivity contribution in [3.05, 3.63) is 11.9 Å². The summed E-state index contributed by atoms with van der Waals surface area (Å²) in [5, 5.41) is 15.3. The molecule has 0 heterocycles. The summed E-state index contributed by atoms with van der Waals surface area (Å²) in [4.78, 5) is 22.1. The van der Waals surface area contributed by atoms with Gasteiger partial charge in [0.15, 0.2) is 0 Å². The Bertz CT molecular complexity index is 362. The number of aliphatic carboxylic acids is 1. The number of rotatable bonds is 10. The molecule has 0 aromatic heterocycles. The summed E-state index contributed by atoms with van der Waals surface area (Å²) < 4.78 is 4.86. The van der Waals surface area contributed by atoms with Crippen molar-refractivity contribution in [3.63, 3.8) is 0 Å². The molecule has 9 nitrogen and oxygen atoms in total. The Kier molecular flexibility index (Phi) is 22.3. The van der Waals surface area contributed by atoms with E-state index >= 15 is 0 Å². The number of likely N-dealkylation sites (N-methyl/N-ethyl adjacent to an activating group) is 1. The van der Waals surface area contributed by atoms with E-state index in [9.17, 15) is 9.59 Å². The van der Waals surface area contributed by atoms with Crippen LogP contribution in [0.1, 0.15) is 47.0 Å². The minimum Gasteiger partial charge on any atom is -0.480 e. The highest BCUT2D eigenvalue weighted by Crippen LogP contribution is 2.00. The molecule has 0 aromatic rings. The Morgan fingerprint density at radius 3 is 2.24 bits per heavy atom. The molecule has 0 radical (unpaired) electrons. The van der Waals surface area contributed by atoms with Gasteiger partial charge in [0, 0.05) is 19.8 Å². The number of nitrogens with two attached hydrogens (primary N) is 2. The fourth-order valence-corrected chi connectivity index (χ4v) is 1.55. The van der Waals surface area contributed by atoms with Gasteiger partial charge in [-0.2, -0.15) is 0 Å². The molecule has 0 saturated heterocycles. The fraction of sp³-hybridized carbons (Fsp3) is 0.750. The molecular formula is C16H37N5O4. The monoisotopic (exact) mass is 363 g/mol. The summed E-state index contributed by atoms with van der Waals surface area (Å²) in [6, 6.07) is -0.560. The number of ether oxygens (including phenoxy) is 1. The van der Waals surface area contributed by atoms with Crippen molar-refractivity contribution >= 4 is 12.1 Å². The number of amides is 1. The average Bonchev–Trinajstić information content (AvgIpc) is 2.59. The summed E-state index contributed by atoms with van der Waals surface area (Å²) in [6.07, 6.45) is 2.71. The molecule has 25 heavy (non-hydrogen) atoms. The van der Waals surface area contributed by atoms with E-state index in [0.717, 1.165) is 0 Å². The van der Waals surface area contributed by atoms with Crippen LogP contribution in [0, 0.1) is 0 Å². The average molecular weight is 364 g/mol. The van der Waals surface area contributed by atoms with Crippen LogP contribution in [0.15, 0.2) is 11.9 Å². The molecule has 1 amide bonds. The highest BCUT2D eigenvalue weighted by atomic mass is 16.5. The van der Waals surface area contributed by atoms with Crippen molar-refractivity contribution in [2.75, 3.05) is 27.2 Å². The van der Waals surface area contributed by atoms with Crippen LogP contribution < -0.4 is 22.2 Å². The van der Waals surface area contributed by atoms with Gasteiger partial charge in [-0.25, -0.2) is 10.6 Å². The lowest BCUT2D eigenvalue weighted by Gasteiger charge is -2.11. The van der Waals surface area contributed by atoms with Crippen LogP contribution in [0.2, 0.25) is 0 Å². The van der Waals surface area contributed by atoms with Gasteiger partial charge in [0.1, 0.15) is 12.6 Å². The fourth-order valence-electron chi connectivity index (χ4n) is 1.55. The third-order valence-electron chi connectivity index (χ3n) is 2.57. The first kappa shape index (κ1) is 27.8. The number of unbranched alkanes of at least 4 members (excludes halogenated alkanes) is 1. The van der Waals surface area contributed by atoms with Crippen LogP contribution in [0.4, 0.5) is 4.79 Å². The zero-order chi connectivity index (χ0) is 20.3. The van der Waals surface area contributed by atoms with Crippen molar-refractivity contribution in [2.24, 2.45) is 11.6 Å². The maximum absolute atomic E-state index is 11.3. The van der Waals surface area contributed by atoms with E-state index in [1.54, 1.807) is 14.1 Å². The third-order valence-corrected chi connectivity index (χ3v) is 2.57. The summed E-state index contributed by atoms with van der Waals surface area (Å²) in [5.74, 6) is 4.47. The molecule has 0 fully saturated rings. The van der Waals surface area contributed by atoms with Crippen LogP contribution >= 0.6 is 0 Å². The molecule has 0 aliphatic rings. The van der Waals surface area contributed by atoms with Gasteiger partial charge < -0.3 is 31.2 Å². The smallest absolute Gasteiger partial charge is 0.407 e. The summed E-state index contributed by atoms with van der Waals surface area (Å²) in [7, 11) is 3.20. The van der Waals surface area contributed by atoms with E-state index in [4.69, 9.17) is 21.4 Å². The summed E-state index contributed by atoms with van der Waals surface area (Å²) >= 11 is 0. The first-order chi connectivity index (χ1) is 11.9. The Morgan fingerprint density at radius 1 is 1.24 bits per heavy atom. The maximum atomic E-state index is 11.3. The van der Waals surface area contributed by atoms with Gasteiger partial charge in [-0.1, -0.05) is 27.7 Å². The predicted octanol–water partition coefficient (Wildman–Crippen LogP) is 1.21. The molecule has 1 atom stereocenters. The highest BCUT2D eigenvalue weighted by molar-refractivity contribution is 5.73. The van der Waals surface area contributed by atoms with Crippen molar-refractivity contribution in [1.29, 1.82) is 0 Å². The normalized spacial score (nSPS) is 11.1. The molecule has 0 aromatic carbocycles. The van der Waals surface area contributed by atoms with Crippen LogP contribution in [0.25, 0.3) is 0 Å². The number of carboxylic acids is 1. The van der Waals surface area contributed by atoms with Crippen molar-refractivity contribution in [3.8, 4) is 0 Å². The number of alkyl carbamates (subject to hydrolysis) is 1. The predicted molar refractivity (Wildman–Crippen MR) is 101 cm³/mol. The Hall–Kier alpha value is -2.00. The molecule has 0 aliphatic heterocycles. The number of nitrogens with one attached hydrogen (secondary N) is 2. The molecule has 0 spiro atoms. The molecular weight excluding hydrogens is 326 g/mol. The number of hydrazine groups is 1. The quantitative estimate of drug-likeness (QED) is 0.221. The number of hydrogen-bond donors (Lipinski definition) is 5. The Balaban J connectivity index is -0.00000112. The molecule has 0 bridgehead atoms. The van der Waals surface area contributed by atoms with Gasteiger partial charge in [0.2, 0.25) is 0 Å². The minimum absolute atomic E-state index is 0.0474. The zero-order valence-electron chi connectivity index (χ0n) is 16.5. The molecule has 0 aliphatic carbocycles. The summed E-state index contributed by atoms with van der Waals surface area (Å²) in [6.45, 7) is 8.36. The second-order valence-electron chi connectivity index (χ2n) is 4.55. The van der Waals surface area contributed by atoms with Crippen LogP contribution in [0.3, 0.4) is 0 Å². The van der Waals surface area contributed by atoms with E-state index < -0.39 is 18.1 Å². The maximum Gasteiger partial charge on any atom is 0.407 e. The highest BCUT2D eigenvalue weighted by Gasteiger charge is 2.13. The van der Waals surface area contributed by atoms with Crippen LogP contribution in [-0.2, 0) is 9.53 Å². The third kappa shape index (κ3) is 20.0.